The zero-order valence-electron chi connectivity index (χ0n) is 10.7. The molecule has 0 aliphatic carbocycles. The Balaban J connectivity index is -0.0000000478. The Morgan fingerprint density at radius 3 is 1.05 bits per heavy atom. The number of hydrogen-bond donors (Lipinski definition) is 1. The van der Waals surface area contributed by atoms with Gasteiger partial charge in [0, 0.05) is 6.61 Å². The maximum Gasteiger partial charge on any atom is 2.00 e. The Kier molecular flexibility index (Phi) is 40.4. The summed E-state index contributed by atoms with van der Waals surface area (Å²) >= 11 is 0. The van der Waals surface area contributed by atoms with E-state index in [1.54, 1.807) is 6.92 Å². The van der Waals surface area contributed by atoms with Gasteiger partial charge < -0.3 is 35.7 Å². The van der Waals surface area contributed by atoms with Crippen molar-refractivity contribution in [1.82, 2.24) is 0 Å². The molecule has 12 heteroatoms. The number of rotatable bonds is 2. The maximum atomic E-state index is 10.0. The zero-order chi connectivity index (χ0) is 15.7. The van der Waals surface area contributed by atoms with Crippen LogP contribution >= 0.6 is 0 Å². The molecule has 0 fully saturated rings. The number of carbonyl (C=O) groups is 2. The van der Waals surface area contributed by atoms with Gasteiger partial charge in [0.25, 0.3) is 0 Å². The molecule has 0 unspecified atom stereocenters. The van der Waals surface area contributed by atoms with Crippen molar-refractivity contribution in [3.05, 3.63) is 30.6 Å². The van der Waals surface area contributed by atoms with E-state index in [0.717, 1.165) is 0 Å². The van der Waals surface area contributed by atoms with Gasteiger partial charge in [-0.25, -0.2) is 0 Å². The molecule has 0 atom stereocenters. The molecule has 0 spiro atoms. The van der Waals surface area contributed by atoms with E-state index in [1.807, 2.05) is 0 Å². The molecule has 11 nitrogen and oxygen atoms in total. The van der Waals surface area contributed by atoms with Gasteiger partial charge in [0.05, 0.1) is 16.6 Å². The van der Waals surface area contributed by atoms with Gasteiger partial charge in [0.1, 0.15) is 11.6 Å². The van der Waals surface area contributed by atoms with Crippen LogP contribution in [0.2, 0.25) is 0 Å². The molecule has 0 saturated carbocycles. The van der Waals surface area contributed by atoms with Crippen molar-refractivity contribution >= 4 is 11.6 Å². The summed E-state index contributed by atoms with van der Waals surface area (Å²) < 4.78 is 0. The SMILES string of the molecule is CC(=O)CC(C)=O.CCO.O=[N+]([O-])[O-].O=[N+]([O-])[O-].[Zn+2]. The smallest absolute Gasteiger partial charge is 0.397 e. The second-order valence-corrected chi connectivity index (χ2v) is 2.34. The van der Waals surface area contributed by atoms with Crippen LogP contribution in [0.4, 0.5) is 0 Å². The first kappa shape index (κ1) is 30.4. The monoisotopic (exact) mass is 334 g/mol. The van der Waals surface area contributed by atoms with Gasteiger partial charge in [-0.05, 0) is 20.8 Å². The molecule has 0 saturated heterocycles. The number of ketones is 2. The molecule has 0 aromatic heterocycles. The molecule has 0 amide bonds. The van der Waals surface area contributed by atoms with Crippen LogP contribution in [-0.4, -0.2) is 33.5 Å². The second-order valence-electron chi connectivity index (χ2n) is 2.34. The van der Waals surface area contributed by atoms with Crippen molar-refractivity contribution in [3.8, 4) is 0 Å². The van der Waals surface area contributed by atoms with Crippen LogP contribution in [0.3, 0.4) is 0 Å². The van der Waals surface area contributed by atoms with Crippen molar-refractivity contribution in [2.45, 2.75) is 27.2 Å². The summed E-state index contributed by atoms with van der Waals surface area (Å²) in [6.45, 7) is 4.74. The summed E-state index contributed by atoms with van der Waals surface area (Å²) in [6, 6.07) is 0. The van der Waals surface area contributed by atoms with Crippen molar-refractivity contribution < 1.29 is 44.3 Å². The van der Waals surface area contributed by atoms with Crippen molar-refractivity contribution in [3.63, 3.8) is 0 Å². The molecule has 0 aromatic carbocycles. The summed E-state index contributed by atoms with van der Waals surface area (Å²) in [7, 11) is 0. The minimum absolute atomic E-state index is 0. The molecule has 0 bridgehead atoms. The van der Waals surface area contributed by atoms with E-state index >= 15 is 0 Å². The van der Waals surface area contributed by atoms with Crippen molar-refractivity contribution in [2.24, 2.45) is 0 Å². The van der Waals surface area contributed by atoms with Crippen molar-refractivity contribution in [1.29, 1.82) is 0 Å². The minimum atomic E-state index is -1.75. The zero-order valence-corrected chi connectivity index (χ0v) is 13.7. The van der Waals surface area contributed by atoms with Crippen LogP contribution in [-0.2, 0) is 29.1 Å². The summed E-state index contributed by atoms with van der Waals surface area (Å²) in [5.41, 5.74) is 0. The Morgan fingerprint density at radius 2 is 1.05 bits per heavy atom. The first-order chi connectivity index (χ1) is 8.00. The fourth-order valence-electron chi connectivity index (χ4n) is 0.351. The number of carbonyl (C=O) groups excluding carboxylic acids is 2. The van der Waals surface area contributed by atoms with Crippen LogP contribution in [0.25, 0.3) is 0 Å². The Morgan fingerprint density at radius 1 is 0.947 bits per heavy atom. The molecule has 0 aliphatic rings. The predicted molar refractivity (Wildman–Crippen MR) is 59.5 cm³/mol. The number of hydrogen-bond acceptors (Lipinski definition) is 9. The Bertz CT molecular complexity index is 227. The number of nitrogens with zero attached hydrogens (tertiary/aromatic N) is 2. The van der Waals surface area contributed by atoms with Gasteiger partial charge >= 0.3 is 19.5 Å². The molecular formula is C7H14N2O9Zn. The predicted octanol–water partition coefficient (Wildman–Crippen LogP) is 0.0724. The van der Waals surface area contributed by atoms with E-state index in [9.17, 15) is 9.59 Å². The van der Waals surface area contributed by atoms with Gasteiger partial charge in [0.15, 0.2) is 0 Å². The first-order valence-electron chi connectivity index (χ1n) is 4.23. The molecule has 1 N–H and O–H groups in total. The Hall–Kier alpha value is -1.68. The van der Waals surface area contributed by atoms with E-state index in [1.165, 1.54) is 13.8 Å². The van der Waals surface area contributed by atoms with E-state index in [-0.39, 0.29) is 44.1 Å². The average Bonchev–Trinajstić information content (AvgIpc) is 1.98. The molecule has 0 rings (SSSR count). The van der Waals surface area contributed by atoms with Gasteiger partial charge in [-0.2, -0.15) is 0 Å². The summed E-state index contributed by atoms with van der Waals surface area (Å²) in [4.78, 5) is 36.6. The number of aliphatic hydroxyl groups is 1. The second kappa shape index (κ2) is 25.2. The fourth-order valence-corrected chi connectivity index (χ4v) is 0.351. The molecule has 0 radical (unpaired) electrons. The molecule has 0 heterocycles. The van der Waals surface area contributed by atoms with Gasteiger partial charge in [-0.15, -0.1) is 0 Å². The summed E-state index contributed by atoms with van der Waals surface area (Å²) in [5.74, 6) is -0.125. The third kappa shape index (κ3) is 620. The third-order valence-corrected chi connectivity index (χ3v) is 0.498. The fraction of sp³-hybridized carbons (Fsp3) is 0.714. The van der Waals surface area contributed by atoms with Crippen LogP contribution in [0.15, 0.2) is 0 Å². The summed E-state index contributed by atoms with van der Waals surface area (Å²) in [5, 5.41) is 37.1. The summed E-state index contributed by atoms with van der Waals surface area (Å²) in [6.07, 6.45) is 0.0833. The normalized spacial score (nSPS) is 6.53. The Labute approximate surface area is 121 Å². The maximum absolute atomic E-state index is 10.0. The topological polar surface area (TPSA) is 187 Å². The van der Waals surface area contributed by atoms with E-state index in [0.29, 0.717) is 0 Å². The largest absolute Gasteiger partial charge is 2.00 e. The van der Waals surface area contributed by atoms with Gasteiger partial charge in [-0.1, -0.05) is 0 Å². The molecule has 19 heavy (non-hydrogen) atoms. The van der Waals surface area contributed by atoms with Crippen LogP contribution in [0, 0.1) is 30.6 Å². The molecular weight excluding hydrogens is 321 g/mol. The standard InChI is InChI=1S/C5H8O2.C2H6O.2NO3.Zn/c1-4(6)3-5(2)7;1-2-3;2*2-1(3)4;/h3H2,1-2H3;3H,2H2,1H3;;;/q;;2*-1;+2. The van der Waals surface area contributed by atoms with E-state index in [2.05, 4.69) is 0 Å². The molecule has 0 aromatic rings. The van der Waals surface area contributed by atoms with E-state index in [4.69, 9.17) is 35.7 Å². The third-order valence-electron chi connectivity index (χ3n) is 0.498. The molecule has 0 aliphatic heterocycles. The van der Waals surface area contributed by atoms with Crippen LogP contribution in [0.1, 0.15) is 27.2 Å². The van der Waals surface area contributed by atoms with Crippen LogP contribution < -0.4 is 0 Å². The average molecular weight is 336 g/mol. The van der Waals surface area contributed by atoms with Gasteiger partial charge in [-0.3, -0.25) is 9.59 Å². The molecule has 108 valence electrons. The number of aliphatic hydroxyl groups excluding tert-OH is 1. The van der Waals surface area contributed by atoms with Gasteiger partial charge in [0.2, 0.25) is 0 Å². The quantitative estimate of drug-likeness (QED) is 0.315. The number of Topliss-reactive ketones (excluding diaryl/α,β-unsaturated/α-hetero) is 2. The van der Waals surface area contributed by atoms with Crippen molar-refractivity contribution in [2.75, 3.05) is 6.61 Å². The van der Waals surface area contributed by atoms with Crippen LogP contribution in [0.5, 0.6) is 0 Å². The first-order valence-corrected chi connectivity index (χ1v) is 4.23. The minimum Gasteiger partial charge on any atom is -0.397 e. The van der Waals surface area contributed by atoms with E-state index < -0.39 is 10.2 Å².